The van der Waals surface area contributed by atoms with Crippen LogP contribution in [-0.2, 0) is 35.1 Å². The number of rotatable bonds is 8. The van der Waals surface area contributed by atoms with Gasteiger partial charge in [0.05, 0.1) is 23.7 Å². The van der Waals surface area contributed by atoms with Crippen molar-refractivity contribution in [2.45, 2.75) is 84.3 Å². The summed E-state index contributed by atoms with van der Waals surface area (Å²) in [6.45, 7) is 9.21. The average Bonchev–Trinajstić information content (AvgIpc) is 3.83. The van der Waals surface area contributed by atoms with Crippen LogP contribution in [0.15, 0.2) is 60.7 Å². The molecule has 4 rings (SSSR count). The highest BCUT2D eigenvalue weighted by atomic mass is 35.5. The van der Waals surface area contributed by atoms with Gasteiger partial charge in [-0.3, -0.25) is 14.4 Å². The fourth-order valence-corrected chi connectivity index (χ4v) is 5.89. The summed E-state index contributed by atoms with van der Waals surface area (Å²) in [5, 5.41) is 8.86. The molecule has 2 aromatic carbocycles. The maximum atomic E-state index is 13.6. The van der Waals surface area contributed by atoms with Gasteiger partial charge >= 0.3 is 5.97 Å². The van der Waals surface area contributed by atoms with E-state index in [1.54, 1.807) is 38.1 Å². The molecule has 2 heterocycles. The predicted octanol–water partition coefficient (Wildman–Crippen LogP) is 4.70. The quantitative estimate of drug-likeness (QED) is 0.274. The summed E-state index contributed by atoms with van der Waals surface area (Å²) >= 11 is 6.32. The highest BCUT2D eigenvalue weighted by molar-refractivity contribution is 6.32. The molecule has 6 atom stereocenters. The number of epoxide rings is 1. The lowest BCUT2D eigenvalue weighted by atomic mass is 9.90. The zero-order chi connectivity index (χ0) is 34.3. The molecular weight excluding hydrogens is 622 g/mol. The Morgan fingerprint density at radius 2 is 1.72 bits per heavy atom. The number of hydrogen-bond donors (Lipinski definition) is 3. The van der Waals surface area contributed by atoms with Crippen LogP contribution in [0.1, 0.15) is 64.7 Å². The van der Waals surface area contributed by atoms with Crippen LogP contribution in [0.4, 0.5) is 0 Å². The number of cyclic esters (lactones) is 1. The van der Waals surface area contributed by atoms with E-state index in [4.69, 9.17) is 25.8 Å². The van der Waals surface area contributed by atoms with Crippen molar-refractivity contribution in [1.82, 2.24) is 16.0 Å². The molecule has 0 radical (unpaired) electrons. The third kappa shape index (κ3) is 9.81. The molecule has 0 bridgehead atoms. The van der Waals surface area contributed by atoms with Crippen molar-refractivity contribution >= 4 is 35.3 Å². The normalized spacial score (nSPS) is 26.8. The minimum Gasteiger partial charge on any atom is -0.495 e. The number of esters is 1. The summed E-state index contributed by atoms with van der Waals surface area (Å²) in [6, 6.07) is 13.1. The van der Waals surface area contributed by atoms with Crippen LogP contribution in [0.5, 0.6) is 5.75 Å². The molecule has 1 saturated heterocycles. The Hall–Kier alpha value is -3.89. The lowest BCUT2D eigenvalue weighted by molar-refractivity contribution is -0.157. The van der Waals surface area contributed by atoms with Gasteiger partial charge < -0.3 is 30.2 Å². The monoisotopic (exact) mass is 667 g/mol. The third-order valence-electron chi connectivity index (χ3n) is 8.57. The van der Waals surface area contributed by atoms with Gasteiger partial charge in [0.25, 0.3) is 0 Å². The van der Waals surface area contributed by atoms with E-state index in [1.807, 2.05) is 51.1 Å². The van der Waals surface area contributed by atoms with Crippen molar-refractivity contribution in [2.75, 3.05) is 13.7 Å². The van der Waals surface area contributed by atoms with Gasteiger partial charge in [0.15, 0.2) is 0 Å². The molecule has 2 aliphatic heterocycles. The van der Waals surface area contributed by atoms with Gasteiger partial charge in [-0.25, -0.2) is 4.79 Å². The second-order valence-corrected chi connectivity index (χ2v) is 13.8. The Morgan fingerprint density at radius 3 is 2.38 bits per heavy atom. The summed E-state index contributed by atoms with van der Waals surface area (Å²) in [7, 11) is 1.51. The molecule has 0 aliphatic carbocycles. The maximum absolute atomic E-state index is 13.6. The van der Waals surface area contributed by atoms with Crippen LogP contribution in [0, 0.1) is 17.3 Å². The lowest BCUT2D eigenvalue weighted by Crippen LogP contribution is -2.54. The van der Waals surface area contributed by atoms with Crippen LogP contribution in [0.3, 0.4) is 0 Å². The van der Waals surface area contributed by atoms with Crippen molar-refractivity contribution in [3.05, 3.63) is 76.8 Å². The van der Waals surface area contributed by atoms with Gasteiger partial charge in [0.1, 0.15) is 30.0 Å². The first-order valence-corrected chi connectivity index (χ1v) is 16.5. The van der Waals surface area contributed by atoms with E-state index < -0.39 is 47.3 Å². The first kappa shape index (κ1) is 36.0. The van der Waals surface area contributed by atoms with E-state index in [0.717, 1.165) is 5.56 Å². The van der Waals surface area contributed by atoms with E-state index >= 15 is 0 Å². The van der Waals surface area contributed by atoms with Crippen LogP contribution in [-0.4, -0.2) is 61.6 Å². The molecule has 1 fully saturated rings. The first-order valence-electron chi connectivity index (χ1n) is 16.1. The number of hydrogen-bond acceptors (Lipinski definition) is 7. The molecule has 3 amide bonds. The largest absolute Gasteiger partial charge is 0.495 e. The maximum Gasteiger partial charge on any atom is 0.328 e. The van der Waals surface area contributed by atoms with Gasteiger partial charge in [-0.2, -0.15) is 0 Å². The number of ether oxygens (including phenoxy) is 3. The van der Waals surface area contributed by atoms with E-state index in [-0.39, 0.29) is 43.4 Å². The molecule has 0 aromatic heterocycles. The van der Waals surface area contributed by atoms with Gasteiger partial charge in [-0.05, 0) is 55.5 Å². The molecule has 3 N–H and O–H groups in total. The second-order valence-electron chi connectivity index (χ2n) is 13.4. The Kier molecular flexibility index (Phi) is 12.1. The predicted molar refractivity (Wildman–Crippen MR) is 179 cm³/mol. The molecule has 0 saturated carbocycles. The summed E-state index contributed by atoms with van der Waals surface area (Å²) in [5.74, 6) is -1.56. The summed E-state index contributed by atoms with van der Waals surface area (Å²) in [6.07, 6.45) is 2.76. The van der Waals surface area contributed by atoms with Crippen LogP contribution >= 0.6 is 11.6 Å². The number of nitrogens with one attached hydrogen (secondary N) is 3. The second kappa shape index (κ2) is 15.8. The number of carbonyl (C=O) groups is 4. The molecule has 2 aromatic rings. The average molecular weight is 668 g/mol. The fraction of sp³-hybridized carbons (Fsp3) is 0.500. The number of halogens is 1. The van der Waals surface area contributed by atoms with Crippen molar-refractivity contribution < 1.29 is 33.4 Å². The highest BCUT2D eigenvalue weighted by Crippen LogP contribution is 2.45. The minimum absolute atomic E-state index is 0.0355. The number of amides is 3. The van der Waals surface area contributed by atoms with E-state index in [9.17, 15) is 19.2 Å². The minimum atomic E-state index is -1.09. The smallest absolute Gasteiger partial charge is 0.328 e. The van der Waals surface area contributed by atoms with Crippen LogP contribution in [0.2, 0.25) is 5.02 Å². The Labute approximate surface area is 281 Å². The third-order valence-corrected chi connectivity index (χ3v) is 8.86. The summed E-state index contributed by atoms with van der Waals surface area (Å²) < 4.78 is 17.4. The van der Waals surface area contributed by atoms with Crippen molar-refractivity contribution in [2.24, 2.45) is 17.3 Å². The van der Waals surface area contributed by atoms with Crippen molar-refractivity contribution in [3.63, 3.8) is 0 Å². The molecule has 0 unspecified atom stereocenters. The molecule has 254 valence electrons. The zero-order valence-electron chi connectivity index (χ0n) is 27.9. The van der Waals surface area contributed by atoms with Gasteiger partial charge in [0, 0.05) is 25.3 Å². The Morgan fingerprint density at radius 1 is 1.00 bits per heavy atom. The molecule has 47 heavy (non-hydrogen) atoms. The molecule has 11 heteroatoms. The summed E-state index contributed by atoms with van der Waals surface area (Å²) in [4.78, 5) is 53.8. The molecule has 0 spiro atoms. The molecule has 2 aliphatic rings. The van der Waals surface area contributed by atoms with E-state index in [0.29, 0.717) is 22.8 Å². The van der Waals surface area contributed by atoms with Crippen molar-refractivity contribution in [1.29, 1.82) is 0 Å². The SMILES string of the molecule is COc1ccc(C[C@H]2NC(=O)/C=C/C[C@@H]([C@H](C)[C@@H]3O[C@@H]3c3ccccc3)OC(=O)[C@H](CC(C)C)NC(=O)C(C)(C)CNC2=O)cc1Cl. The van der Waals surface area contributed by atoms with Crippen LogP contribution < -0.4 is 20.7 Å². The number of benzene rings is 2. The lowest BCUT2D eigenvalue weighted by Gasteiger charge is -2.30. The number of methoxy groups -OCH3 is 1. The van der Waals surface area contributed by atoms with Gasteiger partial charge in [0.2, 0.25) is 17.7 Å². The molecular formula is C36H46ClN3O7. The van der Waals surface area contributed by atoms with Gasteiger partial charge in [-0.1, -0.05) is 74.8 Å². The number of carbonyl (C=O) groups excluding carboxylic acids is 4. The van der Waals surface area contributed by atoms with Crippen molar-refractivity contribution in [3.8, 4) is 5.75 Å². The summed E-state index contributed by atoms with van der Waals surface area (Å²) in [5.41, 5.74) is 0.659. The first-order chi connectivity index (χ1) is 22.3. The Balaban J connectivity index is 1.61. The highest BCUT2D eigenvalue weighted by Gasteiger charge is 2.47. The van der Waals surface area contributed by atoms with Crippen LogP contribution in [0.25, 0.3) is 0 Å². The van der Waals surface area contributed by atoms with E-state index in [2.05, 4.69) is 16.0 Å². The Bertz CT molecular complexity index is 1460. The zero-order valence-corrected chi connectivity index (χ0v) is 28.6. The van der Waals surface area contributed by atoms with Gasteiger partial charge in [-0.15, -0.1) is 0 Å². The molecule has 10 nitrogen and oxygen atoms in total. The topological polar surface area (TPSA) is 135 Å². The van der Waals surface area contributed by atoms with E-state index in [1.165, 1.54) is 13.2 Å². The standard InChI is InChI=1S/C36H46ClN3O7/c1-21(2)17-27-34(43)46-28(22(3)31-32(47-31)24-11-8-7-9-12-24)13-10-14-30(41)39-26(19-23-15-16-29(45-6)25(37)18-23)33(42)38-20-36(4,5)35(44)40-27/h7-12,14-16,18,21-22,26-28,31-32H,13,17,19-20H2,1-6H3,(H,38,42)(H,39,41)(H,40,44)/b14-10+/t22-,26+,27-,28-,31-,32+/m0/s1. The fourth-order valence-electron chi connectivity index (χ4n) is 5.61.